The Morgan fingerprint density at radius 1 is 1.08 bits per heavy atom. The predicted molar refractivity (Wildman–Crippen MR) is 125 cm³/mol. The molecule has 0 unspecified atom stereocenters. The average molecular weight is 538 g/mol. The van der Waals surface area contributed by atoms with Gasteiger partial charge in [0.2, 0.25) is 11.8 Å². The summed E-state index contributed by atoms with van der Waals surface area (Å²) in [6, 6.07) is 5.62. The first-order valence-corrected chi connectivity index (χ1v) is 12.0. The van der Waals surface area contributed by atoms with Crippen molar-refractivity contribution in [1.29, 1.82) is 0 Å². The highest BCUT2D eigenvalue weighted by Crippen LogP contribution is 2.43. The van der Waals surface area contributed by atoms with Gasteiger partial charge in [-0.3, -0.25) is 4.90 Å². The van der Waals surface area contributed by atoms with Gasteiger partial charge in [0.05, 0.1) is 19.8 Å². The van der Waals surface area contributed by atoms with E-state index in [0.29, 0.717) is 37.0 Å². The lowest BCUT2D eigenvalue weighted by Crippen LogP contribution is -2.47. The number of hydrogen-bond acceptors (Lipinski definition) is 8. The number of fused-ring (bicyclic) bond motifs is 1. The van der Waals surface area contributed by atoms with E-state index in [1.165, 1.54) is 28.0 Å². The number of carbonyl (C=O) groups excluding carboxylic acids is 1. The third kappa shape index (κ3) is 5.25. The van der Waals surface area contributed by atoms with Crippen LogP contribution in [0.3, 0.4) is 0 Å². The molecule has 0 N–H and O–H groups in total. The molecule has 1 spiro atoms. The maximum atomic E-state index is 13.8. The number of carbonyl (C=O) groups is 1. The Morgan fingerprint density at radius 2 is 1.82 bits per heavy atom. The Labute approximate surface area is 215 Å². The second-order valence-corrected chi connectivity index (χ2v) is 10.1. The molecule has 3 aliphatic heterocycles. The topological polar surface area (TPSA) is 86.2 Å². The molecule has 0 aliphatic carbocycles. The van der Waals surface area contributed by atoms with Gasteiger partial charge in [-0.05, 0) is 32.9 Å². The molecule has 5 rings (SSSR count). The van der Waals surface area contributed by atoms with Gasteiger partial charge in [-0.25, -0.2) is 14.2 Å². The molecule has 1 fully saturated rings. The van der Waals surface area contributed by atoms with Gasteiger partial charge >= 0.3 is 12.3 Å². The second-order valence-electron chi connectivity index (χ2n) is 10.1. The van der Waals surface area contributed by atoms with Crippen molar-refractivity contribution >= 4 is 12.0 Å². The van der Waals surface area contributed by atoms with Crippen LogP contribution < -0.4 is 9.64 Å². The van der Waals surface area contributed by atoms with E-state index in [4.69, 9.17) is 18.9 Å². The zero-order chi connectivity index (χ0) is 27.3. The van der Waals surface area contributed by atoms with E-state index in [-0.39, 0.29) is 31.3 Å². The molecule has 0 radical (unpaired) electrons. The first-order chi connectivity index (χ1) is 17.8. The van der Waals surface area contributed by atoms with Crippen LogP contribution in [0.2, 0.25) is 0 Å². The molecule has 9 nitrogen and oxygen atoms in total. The fraction of sp³-hybridized carbons (Fsp3) is 0.480. The zero-order valence-corrected chi connectivity index (χ0v) is 21.0. The second kappa shape index (κ2) is 9.38. The van der Waals surface area contributed by atoms with Gasteiger partial charge < -0.3 is 23.8 Å². The summed E-state index contributed by atoms with van der Waals surface area (Å²) in [5.41, 5.74) is -0.883. The monoisotopic (exact) mass is 538 g/mol. The summed E-state index contributed by atoms with van der Waals surface area (Å²) in [5.74, 6) is -2.42. The maximum absolute atomic E-state index is 13.8. The van der Waals surface area contributed by atoms with E-state index in [2.05, 4.69) is 9.97 Å². The molecule has 1 aromatic carbocycles. The van der Waals surface area contributed by atoms with Crippen LogP contribution in [-0.4, -0.2) is 65.2 Å². The summed E-state index contributed by atoms with van der Waals surface area (Å²) in [4.78, 5) is 23.9. The molecular weight excluding hydrogens is 512 g/mol. The number of halogens is 4. The van der Waals surface area contributed by atoms with E-state index in [0.717, 1.165) is 6.07 Å². The molecule has 1 amide bonds. The number of aromatic nitrogens is 2. The number of hydrogen-bond donors (Lipinski definition) is 0. The fourth-order valence-electron chi connectivity index (χ4n) is 4.58. The quantitative estimate of drug-likeness (QED) is 0.511. The Kier molecular flexibility index (Phi) is 6.46. The molecule has 1 saturated heterocycles. The maximum Gasteiger partial charge on any atom is 0.433 e. The molecule has 3 aliphatic rings. The Bertz CT molecular complexity index is 1270. The summed E-state index contributed by atoms with van der Waals surface area (Å²) in [5, 5.41) is 0. The lowest BCUT2D eigenvalue weighted by atomic mass is 9.97. The Morgan fingerprint density at radius 3 is 2.47 bits per heavy atom. The number of alkyl halides is 3. The molecule has 13 heteroatoms. The van der Waals surface area contributed by atoms with E-state index in [1.807, 2.05) is 0 Å². The number of anilines is 1. The van der Waals surface area contributed by atoms with Crippen LogP contribution in [0.15, 0.2) is 41.6 Å². The van der Waals surface area contributed by atoms with Gasteiger partial charge in [-0.2, -0.15) is 18.2 Å². The van der Waals surface area contributed by atoms with Crippen molar-refractivity contribution in [3.8, 4) is 11.6 Å². The third-order valence-electron chi connectivity index (χ3n) is 6.14. The van der Waals surface area contributed by atoms with Gasteiger partial charge in [0.1, 0.15) is 17.2 Å². The van der Waals surface area contributed by atoms with Gasteiger partial charge in [-0.1, -0.05) is 6.07 Å². The van der Waals surface area contributed by atoms with Crippen molar-refractivity contribution in [2.75, 3.05) is 37.7 Å². The molecule has 4 heterocycles. The van der Waals surface area contributed by atoms with E-state index in [9.17, 15) is 22.4 Å². The summed E-state index contributed by atoms with van der Waals surface area (Å²) in [7, 11) is 0. The lowest BCUT2D eigenvalue weighted by Gasteiger charge is -2.38. The highest BCUT2D eigenvalue weighted by atomic mass is 19.4. The average Bonchev–Trinajstić information content (AvgIpc) is 3.46. The molecule has 0 bridgehead atoms. The SMILES string of the molecule is CC(C)(C)OC(=O)N1CCC2(OCCO2)C2=C1CN(c1nc(Oc3cccc(F)c3)cc(C(F)(F)F)n1)C2. The number of ether oxygens (including phenoxy) is 4. The van der Waals surface area contributed by atoms with Gasteiger partial charge in [0, 0.05) is 42.9 Å². The number of benzene rings is 1. The predicted octanol–water partition coefficient (Wildman–Crippen LogP) is 4.88. The normalized spacial score (nSPS) is 19.2. The van der Waals surface area contributed by atoms with Crippen molar-refractivity contribution < 1.29 is 41.3 Å². The van der Waals surface area contributed by atoms with E-state index < -0.39 is 41.0 Å². The van der Waals surface area contributed by atoms with Crippen LogP contribution >= 0.6 is 0 Å². The minimum Gasteiger partial charge on any atom is -0.443 e. The molecule has 0 saturated carbocycles. The third-order valence-corrected chi connectivity index (χ3v) is 6.14. The number of amides is 1. The van der Waals surface area contributed by atoms with Crippen LogP contribution in [0.4, 0.5) is 28.3 Å². The molecule has 204 valence electrons. The van der Waals surface area contributed by atoms with Crippen molar-refractivity contribution in [3.63, 3.8) is 0 Å². The minimum absolute atomic E-state index is 0.00373. The lowest BCUT2D eigenvalue weighted by molar-refractivity contribution is -0.141. The van der Waals surface area contributed by atoms with Gasteiger partial charge in [0.15, 0.2) is 11.5 Å². The Balaban J connectivity index is 1.49. The van der Waals surface area contributed by atoms with Crippen molar-refractivity contribution in [2.45, 2.75) is 44.8 Å². The summed E-state index contributed by atoms with van der Waals surface area (Å²) in [6.45, 7) is 6.20. The minimum atomic E-state index is -4.80. The van der Waals surface area contributed by atoms with E-state index >= 15 is 0 Å². The fourth-order valence-corrected chi connectivity index (χ4v) is 4.58. The van der Waals surface area contributed by atoms with Crippen molar-refractivity contribution in [3.05, 3.63) is 53.1 Å². The van der Waals surface area contributed by atoms with Crippen LogP contribution in [0.25, 0.3) is 0 Å². The highest BCUT2D eigenvalue weighted by Gasteiger charge is 2.51. The van der Waals surface area contributed by atoms with E-state index in [1.54, 1.807) is 20.8 Å². The highest BCUT2D eigenvalue weighted by molar-refractivity contribution is 5.72. The Hall–Kier alpha value is -3.45. The molecular formula is C25H26F4N4O5. The standard InChI is InChI=1S/C25H26F4N4O5/c1-23(2,3)38-22(34)33-8-7-24(35-9-10-36-24)17-13-32(14-18(17)33)21-30-19(25(27,28)29)12-20(31-21)37-16-6-4-5-15(26)11-16/h4-6,11-12H,7-10,13-14H2,1-3H3. The number of rotatable bonds is 3. The number of nitrogens with zero attached hydrogens (tertiary/aromatic N) is 4. The van der Waals surface area contributed by atoms with Crippen LogP contribution in [0.1, 0.15) is 32.9 Å². The van der Waals surface area contributed by atoms with Crippen LogP contribution in [0, 0.1) is 5.82 Å². The van der Waals surface area contributed by atoms with Gasteiger partial charge in [0.25, 0.3) is 0 Å². The van der Waals surface area contributed by atoms with Crippen LogP contribution in [-0.2, 0) is 20.4 Å². The van der Waals surface area contributed by atoms with Gasteiger partial charge in [-0.15, -0.1) is 0 Å². The molecule has 38 heavy (non-hydrogen) atoms. The van der Waals surface area contributed by atoms with Crippen molar-refractivity contribution in [1.82, 2.24) is 14.9 Å². The van der Waals surface area contributed by atoms with Crippen LogP contribution in [0.5, 0.6) is 11.6 Å². The summed E-state index contributed by atoms with van der Waals surface area (Å²) < 4.78 is 77.8. The smallest absolute Gasteiger partial charge is 0.433 e. The molecule has 1 aromatic heterocycles. The zero-order valence-electron chi connectivity index (χ0n) is 21.0. The molecule has 0 atom stereocenters. The largest absolute Gasteiger partial charge is 0.443 e. The molecule has 2 aromatic rings. The first-order valence-electron chi connectivity index (χ1n) is 12.0. The summed E-state index contributed by atoms with van der Waals surface area (Å²) >= 11 is 0. The van der Waals surface area contributed by atoms with Crippen molar-refractivity contribution in [2.24, 2.45) is 0 Å². The first kappa shape index (κ1) is 26.2. The summed E-state index contributed by atoms with van der Waals surface area (Å²) in [6.07, 6.45) is -5.05.